The Kier molecular flexibility index (Phi) is 13.8. The van der Waals surface area contributed by atoms with E-state index in [2.05, 4.69) is 107 Å². The van der Waals surface area contributed by atoms with Gasteiger partial charge in [-0.2, -0.15) is 10.5 Å². The summed E-state index contributed by atoms with van der Waals surface area (Å²) in [5, 5.41) is 26.0. The lowest BCUT2D eigenvalue weighted by molar-refractivity contribution is 0.249. The maximum atomic E-state index is 11.7. The van der Waals surface area contributed by atoms with Gasteiger partial charge in [0.1, 0.15) is 29.0 Å². The van der Waals surface area contributed by atoms with Crippen molar-refractivity contribution in [3.05, 3.63) is 204 Å². The number of aromatic nitrogens is 6. The van der Waals surface area contributed by atoms with Gasteiger partial charge in [0, 0.05) is 59.1 Å². The molecule has 0 amide bonds. The van der Waals surface area contributed by atoms with Crippen LogP contribution in [0.15, 0.2) is 176 Å². The Balaban J connectivity index is 1.53. The smallest absolute Gasteiger partial charge is 0.328 e. The lowest BCUT2D eigenvalue weighted by Gasteiger charge is -2.23. The molecule has 10 nitrogen and oxygen atoms in total. The summed E-state index contributed by atoms with van der Waals surface area (Å²) in [6.45, 7) is 9.53. The van der Waals surface area contributed by atoms with E-state index in [0.717, 1.165) is 87.0 Å². The highest BCUT2D eigenvalue weighted by atomic mass is 16.5. The maximum absolute atomic E-state index is 11.7. The van der Waals surface area contributed by atoms with Gasteiger partial charge >= 0.3 is 6.85 Å². The Hall–Kier alpha value is -8.31. The second kappa shape index (κ2) is 20.9. The van der Waals surface area contributed by atoms with Crippen molar-refractivity contribution < 1.29 is 4.74 Å². The standard InChI is InChI=1S/C56H49B2N9O/c1-4-65(5-2)36-19-37-68-45-30-28-41(29-31-45)51-49-50(52(47(38-59)55-61-32-17-33-62-55)66(51)57-42-21-9-6-10-22-42)53(46-27-16-15-20-40(46)3)67(54(49)48(39-60)56-63-34-18-35-64-56)58(43-23-11-7-12-24-43)44-25-13-8-14-26-44/h6-18,20-35,57H,4-5,19,36-37H2,1-3H3/b52-47-,54-48-. The molecule has 12 heteroatoms. The molecule has 0 spiro atoms. The first-order valence-corrected chi connectivity index (χ1v) is 23.1. The number of nitrogens with zero attached hydrogens (tertiary/aromatic N) is 9. The number of aryl methyl sites for hydroxylation is 1. The van der Waals surface area contributed by atoms with Crippen LogP contribution in [0.3, 0.4) is 0 Å². The SMILES string of the molecule is CCN(CC)CCCOc1ccc(-c2c3/c(=C(\C#N)c4ncccn4)n(B(c4ccccc4)c4ccccc4)c(-c4ccccc4C)c3/c(=C(\C#N)c3ncccn3)n2Bc2ccccc2)cc1. The van der Waals surface area contributed by atoms with E-state index in [1.807, 2.05) is 78.9 Å². The van der Waals surface area contributed by atoms with Crippen molar-refractivity contribution in [2.75, 3.05) is 26.2 Å². The molecule has 330 valence electrons. The van der Waals surface area contributed by atoms with Crippen molar-refractivity contribution in [1.82, 2.24) is 33.8 Å². The van der Waals surface area contributed by atoms with Crippen LogP contribution in [0.25, 0.3) is 44.4 Å². The fraction of sp³-hybridized carbons (Fsp3) is 0.143. The summed E-state index contributed by atoms with van der Waals surface area (Å²) in [4.78, 5) is 21.4. The zero-order valence-electron chi connectivity index (χ0n) is 38.5. The fourth-order valence-corrected chi connectivity index (χ4v) is 9.29. The number of fused-ring (bicyclic) bond motifs is 1. The predicted octanol–water partition coefficient (Wildman–Crippen LogP) is 6.40. The van der Waals surface area contributed by atoms with Crippen LogP contribution in [0.4, 0.5) is 0 Å². The van der Waals surface area contributed by atoms with Crippen molar-refractivity contribution in [3.63, 3.8) is 0 Å². The minimum Gasteiger partial charge on any atom is -0.494 e. The molecule has 9 aromatic rings. The van der Waals surface area contributed by atoms with E-state index in [1.165, 1.54) is 0 Å². The Bertz CT molecular complexity index is 3330. The third-order valence-corrected chi connectivity index (χ3v) is 12.5. The van der Waals surface area contributed by atoms with Crippen LogP contribution in [0.1, 0.15) is 37.5 Å². The van der Waals surface area contributed by atoms with Crippen molar-refractivity contribution in [2.45, 2.75) is 27.2 Å². The van der Waals surface area contributed by atoms with Crippen LogP contribution >= 0.6 is 0 Å². The average Bonchev–Trinajstić information content (AvgIpc) is 3.88. The van der Waals surface area contributed by atoms with Crippen LogP contribution in [-0.2, 0) is 0 Å². The average molecular weight is 886 g/mol. The first kappa shape index (κ1) is 44.9. The van der Waals surface area contributed by atoms with Gasteiger partial charge in [0.05, 0.1) is 17.3 Å². The zero-order chi connectivity index (χ0) is 46.8. The molecule has 5 aromatic carbocycles. The first-order chi connectivity index (χ1) is 33.5. The summed E-state index contributed by atoms with van der Waals surface area (Å²) in [5.41, 5.74) is 7.98. The summed E-state index contributed by atoms with van der Waals surface area (Å²) in [5.74, 6) is 1.31. The molecule has 0 aliphatic carbocycles. The first-order valence-electron chi connectivity index (χ1n) is 23.1. The summed E-state index contributed by atoms with van der Waals surface area (Å²) in [7, 11) is 0.374. The molecule has 4 aromatic heterocycles. The van der Waals surface area contributed by atoms with Gasteiger partial charge in [-0.15, -0.1) is 0 Å². The molecule has 4 heterocycles. The van der Waals surface area contributed by atoms with Crippen molar-refractivity contribution >= 4 is 52.6 Å². The van der Waals surface area contributed by atoms with Gasteiger partial charge in [-0.1, -0.05) is 145 Å². The van der Waals surface area contributed by atoms with E-state index < -0.39 is 6.85 Å². The molecule has 0 bridgehead atoms. The topological polar surface area (TPSA) is 121 Å². The van der Waals surface area contributed by atoms with Crippen LogP contribution < -0.4 is 31.8 Å². The van der Waals surface area contributed by atoms with Crippen LogP contribution in [0, 0.1) is 29.6 Å². The number of ether oxygens (including phenoxy) is 1. The van der Waals surface area contributed by atoms with Gasteiger partial charge in [-0.25, -0.2) is 19.9 Å². The third kappa shape index (κ3) is 8.98. The second-order valence-electron chi connectivity index (χ2n) is 16.5. The number of rotatable bonds is 16. The van der Waals surface area contributed by atoms with Gasteiger partial charge in [-0.3, -0.25) is 0 Å². The Morgan fingerprint density at radius 3 is 1.68 bits per heavy atom. The van der Waals surface area contributed by atoms with E-state index in [-0.39, 0.29) is 22.8 Å². The molecule has 9 rings (SSSR count). The monoisotopic (exact) mass is 885 g/mol. The lowest BCUT2D eigenvalue weighted by atomic mass is 9.50. The summed E-state index contributed by atoms with van der Waals surface area (Å²) in [6.07, 6.45) is 7.56. The largest absolute Gasteiger partial charge is 0.494 e. The minimum atomic E-state index is -0.477. The van der Waals surface area contributed by atoms with Crippen LogP contribution in [0.2, 0.25) is 0 Å². The van der Waals surface area contributed by atoms with Crippen LogP contribution in [0.5, 0.6) is 5.75 Å². The maximum Gasteiger partial charge on any atom is 0.328 e. The molecular formula is C56H49B2N9O. The zero-order valence-corrected chi connectivity index (χ0v) is 38.5. The van der Waals surface area contributed by atoms with Crippen molar-refractivity contribution in [2.24, 2.45) is 0 Å². The molecule has 0 unspecified atom stereocenters. The number of benzene rings is 5. The summed E-state index contributed by atoms with van der Waals surface area (Å²) in [6, 6.07) is 56.2. The Morgan fingerprint density at radius 2 is 1.13 bits per heavy atom. The highest BCUT2D eigenvalue weighted by Crippen LogP contribution is 2.37. The summed E-state index contributed by atoms with van der Waals surface area (Å²) < 4.78 is 10.9. The number of nitriles is 2. The van der Waals surface area contributed by atoms with Gasteiger partial charge in [-0.05, 0) is 74.0 Å². The molecule has 0 aliphatic rings. The second-order valence-corrected chi connectivity index (χ2v) is 16.5. The molecule has 68 heavy (non-hydrogen) atoms. The highest BCUT2D eigenvalue weighted by Gasteiger charge is 2.35. The fourth-order valence-electron chi connectivity index (χ4n) is 9.29. The highest BCUT2D eigenvalue weighted by molar-refractivity contribution is 6.84. The predicted molar refractivity (Wildman–Crippen MR) is 275 cm³/mol. The van der Waals surface area contributed by atoms with Crippen molar-refractivity contribution in [3.8, 4) is 40.4 Å². The van der Waals surface area contributed by atoms with E-state index in [9.17, 15) is 10.5 Å². The molecule has 0 radical (unpaired) electrons. The molecule has 0 atom stereocenters. The van der Waals surface area contributed by atoms with Crippen LogP contribution in [-0.4, -0.2) is 74.3 Å². The van der Waals surface area contributed by atoms with E-state index >= 15 is 0 Å². The Morgan fingerprint density at radius 1 is 0.618 bits per heavy atom. The molecule has 0 saturated heterocycles. The molecule has 0 aliphatic heterocycles. The van der Waals surface area contributed by atoms with Gasteiger partial charge in [0.25, 0.3) is 7.41 Å². The van der Waals surface area contributed by atoms with E-state index in [4.69, 9.17) is 24.7 Å². The molecule has 0 saturated carbocycles. The van der Waals surface area contributed by atoms with Gasteiger partial charge in [0.2, 0.25) is 0 Å². The van der Waals surface area contributed by atoms with E-state index in [1.54, 1.807) is 36.9 Å². The minimum absolute atomic E-state index is 0.277. The van der Waals surface area contributed by atoms with Gasteiger partial charge in [0.15, 0.2) is 11.6 Å². The van der Waals surface area contributed by atoms with Gasteiger partial charge < -0.3 is 18.6 Å². The number of hydrogen-bond acceptors (Lipinski definition) is 8. The lowest BCUT2D eigenvalue weighted by Crippen LogP contribution is -2.53. The van der Waals surface area contributed by atoms with E-state index in [0.29, 0.717) is 24.7 Å². The Labute approximate surface area is 398 Å². The summed E-state index contributed by atoms with van der Waals surface area (Å²) >= 11 is 0. The third-order valence-electron chi connectivity index (χ3n) is 12.5. The van der Waals surface area contributed by atoms with Crippen molar-refractivity contribution in [1.29, 1.82) is 10.5 Å². The molecular weight excluding hydrogens is 836 g/mol. The molecule has 0 fully saturated rings. The molecule has 0 N–H and O–H groups in total. The number of hydrogen-bond donors (Lipinski definition) is 0. The normalized spacial score (nSPS) is 12.0. The quantitative estimate of drug-likeness (QED) is 0.0808.